The molecular weight excluding hydrogens is 276 g/mol. The minimum Gasteiger partial charge on any atom is -0.469 e. The van der Waals surface area contributed by atoms with Gasteiger partial charge in [0.15, 0.2) is 0 Å². The molecule has 110 valence electrons. The minimum atomic E-state index is -0.671. The minimum absolute atomic E-state index is 0.00511. The average Bonchev–Trinajstić information content (AvgIpc) is 2.42. The molecule has 0 radical (unpaired) electrons. The Balaban J connectivity index is 2.96. The van der Waals surface area contributed by atoms with Crippen molar-refractivity contribution in [2.24, 2.45) is 11.3 Å². The molecule has 2 atom stereocenters. The van der Waals surface area contributed by atoms with E-state index in [2.05, 4.69) is 0 Å². The van der Waals surface area contributed by atoms with Crippen LogP contribution in [0.2, 0.25) is 0 Å². The molecule has 0 aliphatic heterocycles. The molecule has 0 N–H and O–H groups in total. The number of methoxy groups -OCH3 is 1. The number of ketones is 1. The largest absolute Gasteiger partial charge is 0.469 e. The SMILES string of the molecule is COC(=O)C(CC(=O)C(C)(C)C)C(Cl)c1ccccc1. The summed E-state index contributed by atoms with van der Waals surface area (Å²) in [4.78, 5) is 24.1. The van der Waals surface area contributed by atoms with Gasteiger partial charge in [0.1, 0.15) is 5.78 Å². The van der Waals surface area contributed by atoms with Gasteiger partial charge in [0.25, 0.3) is 0 Å². The van der Waals surface area contributed by atoms with Crippen molar-refractivity contribution in [3.05, 3.63) is 35.9 Å². The summed E-state index contributed by atoms with van der Waals surface area (Å²) in [5.41, 5.74) is 0.311. The van der Waals surface area contributed by atoms with Gasteiger partial charge < -0.3 is 4.74 Å². The van der Waals surface area contributed by atoms with Gasteiger partial charge in [0, 0.05) is 11.8 Å². The van der Waals surface area contributed by atoms with Crippen LogP contribution in [0.25, 0.3) is 0 Å². The predicted molar refractivity (Wildman–Crippen MR) is 79.6 cm³/mol. The number of rotatable bonds is 5. The second-order valence-corrected chi connectivity index (χ2v) is 6.29. The number of carbonyl (C=O) groups excluding carboxylic acids is 2. The summed E-state index contributed by atoms with van der Waals surface area (Å²) in [5.74, 6) is -1.13. The zero-order valence-electron chi connectivity index (χ0n) is 12.4. The van der Waals surface area contributed by atoms with Gasteiger partial charge in [-0.3, -0.25) is 9.59 Å². The smallest absolute Gasteiger partial charge is 0.310 e. The lowest BCUT2D eigenvalue weighted by molar-refractivity contribution is -0.148. The van der Waals surface area contributed by atoms with E-state index in [0.717, 1.165) is 5.56 Å². The highest BCUT2D eigenvalue weighted by Gasteiger charge is 2.34. The molecule has 0 aliphatic rings. The van der Waals surface area contributed by atoms with Crippen molar-refractivity contribution in [2.45, 2.75) is 32.6 Å². The topological polar surface area (TPSA) is 43.4 Å². The van der Waals surface area contributed by atoms with Crippen molar-refractivity contribution in [1.82, 2.24) is 0 Å². The van der Waals surface area contributed by atoms with Crippen LogP contribution >= 0.6 is 11.6 Å². The van der Waals surface area contributed by atoms with Crippen LogP contribution in [0.3, 0.4) is 0 Å². The van der Waals surface area contributed by atoms with Crippen LogP contribution in [0.4, 0.5) is 0 Å². The zero-order valence-corrected chi connectivity index (χ0v) is 13.1. The Kier molecular flexibility index (Phi) is 5.75. The summed E-state index contributed by atoms with van der Waals surface area (Å²) in [5, 5.41) is -0.574. The third kappa shape index (κ3) is 4.34. The number of esters is 1. The van der Waals surface area contributed by atoms with E-state index in [9.17, 15) is 9.59 Å². The molecule has 1 rings (SSSR count). The third-order valence-corrected chi connectivity index (χ3v) is 3.77. The second kappa shape index (κ2) is 6.89. The molecule has 1 aromatic rings. The molecule has 0 saturated heterocycles. The molecule has 1 aromatic carbocycles. The fraction of sp³-hybridized carbons (Fsp3) is 0.500. The number of Topliss-reactive ketones (excluding diaryl/α,β-unsaturated/α-hetero) is 1. The van der Waals surface area contributed by atoms with E-state index in [1.807, 2.05) is 51.1 Å². The number of benzene rings is 1. The Labute approximate surface area is 125 Å². The first kappa shape index (κ1) is 16.7. The molecule has 2 unspecified atom stereocenters. The van der Waals surface area contributed by atoms with Crippen molar-refractivity contribution in [3.8, 4) is 0 Å². The lowest BCUT2D eigenvalue weighted by Crippen LogP contribution is -2.29. The van der Waals surface area contributed by atoms with Gasteiger partial charge in [-0.1, -0.05) is 51.1 Å². The van der Waals surface area contributed by atoms with Crippen molar-refractivity contribution >= 4 is 23.4 Å². The first-order valence-electron chi connectivity index (χ1n) is 6.57. The van der Waals surface area contributed by atoms with Crippen molar-refractivity contribution < 1.29 is 14.3 Å². The average molecular weight is 297 g/mol. The lowest BCUT2D eigenvalue weighted by Gasteiger charge is -2.24. The quantitative estimate of drug-likeness (QED) is 0.614. The molecule has 0 fully saturated rings. The number of carbonyl (C=O) groups is 2. The molecule has 3 nitrogen and oxygen atoms in total. The van der Waals surface area contributed by atoms with E-state index in [-0.39, 0.29) is 12.2 Å². The molecule has 0 amide bonds. The Morgan fingerprint density at radius 2 is 1.75 bits per heavy atom. The van der Waals surface area contributed by atoms with Crippen LogP contribution in [-0.2, 0) is 14.3 Å². The Morgan fingerprint density at radius 1 is 1.20 bits per heavy atom. The third-order valence-electron chi connectivity index (χ3n) is 3.22. The molecule has 0 heterocycles. The molecule has 0 spiro atoms. The normalized spacial score (nSPS) is 14.4. The summed E-state index contributed by atoms with van der Waals surface area (Å²) < 4.78 is 4.79. The van der Waals surface area contributed by atoms with Gasteiger partial charge >= 0.3 is 5.97 Å². The highest BCUT2D eigenvalue weighted by molar-refractivity contribution is 6.22. The molecule has 4 heteroatoms. The predicted octanol–water partition coefficient (Wildman–Crippen LogP) is 3.76. The van der Waals surface area contributed by atoms with Crippen molar-refractivity contribution in [1.29, 1.82) is 0 Å². The lowest BCUT2D eigenvalue weighted by atomic mass is 9.83. The van der Waals surface area contributed by atoms with Crippen molar-refractivity contribution in [3.63, 3.8) is 0 Å². The Hall–Kier alpha value is -1.35. The maximum Gasteiger partial charge on any atom is 0.310 e. The first-order chi connectivity index (χ1) is 9.27. The van der Waals surface area contributed by atoms with Crippen LogP contribution in [0.5, 0.6) is 0 Å². The molecule has 0 aliphatic carbocycles. The fourth-order valence-corrected chi connectivity index (χ4v) is 2.17. The van der Waals surface area contributed by atoms with Crippen LogP contribution in [0.1, 0.15) is 38.1 Å². The maximum absolute atomic E-state index is 12.2. The van der Waals surface area contributed by atoms with Crippen LogP contribution in [0.15, 0.2) is 30.3 Å². The highest BCUT2D eigenvalue weighted by atomic mass is 35.5. The van der Waals surface area contributed by atoms with Crippen LogP contribution in [0, 0.1) is 11.3 Å². The maximum atomic E-state index is 12.2. The van der Waals surface area contributed by atoms with E-state index in [1.165, 1.54) is 7.11 Å². The standard InChI is InChI=1S/C16H21ClO3/c1-16(2,3)13(18)10-12(15(19)20-4)14(17)11-8-6-5-7-9-11/h5-9,12,14H,10H2,1-4H3. The molecule has 20 heavy (non-hydrogen) atoms. The summed E-state index contributed by atoms with van der Waals surface area (Å²) >= 11 is 6.39. The summed E-state index contributed by atoms with van der Waals surface area (Å²) in [7, 11) is 1.31. The molecular formula is C16H21ClO3. The van der Waals surface area contributed by atoms with Gasteiger partial charge in [-0.2, -0.15) is 0 Å². The molecule has 0 bridgehead atoms. The van der Waals surface area contributed by atoms with Crippen molar-refractivity contribution in [2.75, 3.05) is 7.11 Å². The summed E-state index contributed by atoms with van der Waals surface area (Å²) in [6.07, 6.45) is 0.0826. The molecule has 0 saturated carbocycles. The van der Waals surface area contributed by atoms with Crippen LogP contribution < -0.4 is 0 Å². The van der Waals surface area contributed by atoms with Gasteiger partial charge in [-0.25, -0.2) is 0 Å². The van der Waals surface area contributed by atoms with Gasteiger partial charge in [0.2, 0.25) is 0 Å². The van der Waals surface area contributed by atoms with Crippen LogP contribution in [-0.4, -0.2) is 18.9 Å². The Morgan fingerprint density at radius 3 is 2.20 bits per heavy atom. The first-order valence-corrected chi connectivity index (χ1v) is 7.01. The van der Waals surface area contributed by atoms with E-state index < -0.39 is 22.7 Å². The van der Waals surface area contributed by atoms with E-state index >= 15 is 0 Å². The summed E-state index contributed by atoms with van der Waals surface area (Å²) in [6.45, 7) is 5.49. The van der Waals surface area contributed by atoms with Gasteiger partial charge in [0.05, 0.1) is 18.4 Å². The second-order valence-electron chi connectivity index (χ2n) is 5.82. The van der Waals surface area contributed by atoms with E-state index in [1.54, 1.807) is 0 Å². The Bertz CT molecular complexity index is 462. The number of halogens is 1. The zero-order chi connectivity index (χ0) is 15.3. The number of hydrogen-bond donors (Lipinski definition) is 0. The number of ether oxygens (including phenoxy) is 1. The van der Waals surface area contributed by atoms with Gasteiger partial charge in [-0.05, 0) is 5.56 Å². The van der Waals surface area contributed by atoms with E-state index in [4.69, 9.17) is 16.3 Å². The summed E-state index contributed by atoms with van der Waals surface area (Å²) in [6, 6.07) is 9.26. The number of alkyl halides is 1. The monoisotopic (exact) mass is 296 g/mol. The fourth-order valence-electron chi connectivity index (χ4n) is 1.83. The van der Waals surface area contributed by atoms with Gasteiger partial charge in [-0.15, -0.1) is 11.6 Å². The highest BCUT2D eigenvalue weighted by Crippen LogP contribution is 2.34. The van der Waals surface area contributed by atoms with E-state index in [0.29, 0.717) is 0 Å². The molecule has 0 aromatic heterocycles. The number of hydrogen-bond acceptors (Lipinski definition) is 3.